The van der Waals surface area contributed by atoms with Gasteiger partial charge in [-0.05, 0) is 62.8 Å². The molecule has 1 aliphatic heterocycles. The van der Waals surface area contributed by atoms with Gasteiger partial charge >= 0.3 is 0 Å². The highest BCUT2D eigenvalue weighted by molar-refractivity contribution is 7.13. The van der Waals surface area contributed by atoms with E-state index in [0.29, 0.717) is 5.92 Å². The fraction of sp³-hybridized carbons (Fsp3) is 0.474. The maximum atomic E-state index is 12.6. The highest BCUT2D eigenvalue weighted by Crippen LogP contribution is 2.29. The van der Waals surface area contributed by atoms with Crippen LogP contribution in [0, 0.1) is 6.92 Å². The summed E-state index contributed by atoms with van der Waals surface area (Å²) < 4.78 is 1.94. The summed E-state index contributed by atoms with van der Waals surface area (Å²) in [4.78, 5) is 16.6. The lowest BCUT2D eigenvalue weighted by Crippen LogP contribution is -2.38. The topological polar surface area (TPSA) is 63.4 Å². The van der Waals surface area contributed by atoms with E-state index in [1.165, 1.54) is 22.6 Å². The summed E-state index contributed by atoms with van der Waals surface area (Å²) in [6.07, 6.45) is 5.16. The van der Waals surface area contributed by atoms with Crippen LogP contribution in [0.25, 0.3) is 5.65 Å². The van der Waals surface area contributed by atoms with Gasteiger partial charge in [0.25, 0.3) is 5.91 Å². The van der Waals surface area contributed by atoms with Crippen molar-refractivity contribution in [3.05, 3.63) is 45.0 Å². The van der Waals surface area contributed by atoms with E-state index >= 15 is 0 Å². The van der Waals surface area contributed by atoms with Crippen LogP contribution in [0.5, 0.6) is 0 Å². The summed E-state index contributed by atoms with van der Waals surface area (Å²) in [5.41, 5.74) is 3.37. The number of nitrogens with zero attached hydrogens (tertiary/aromatic N) is 5. The molecule has 1 saturated heterocycles. The standard InChI is InChI=1S/C19H21N5OS/c1-12-5-6-16(26-12)19(25)23-9-7-13(8-10-23)18-21-20-17-11-14-3-2-4-15(14)22-24(17)18/h5-6,11,13H,2-4,7-10H2,1H3. The number of piperidine rings is 1. The molecule has 0 aromatic carbocycles. The van der Waals surface area contributed by atoms with Crippen LogP contribution in [0.2, 0.25) is 0 Å². The zero-order valence-electron chi connectivity index (χ0n) is 14.8. The highest BCUT2D eigenvalue weighted by Gasteiger charge is 2.29. The van der Waals surface area contributed by atoms with Crippen LogP contribution in [-0.2, 0) is 12.8 Å². The van der Waals surface area contributed by atoms with Crippen LogP contribution >= 0.6 is 11.3 Å². The number of rotatable bonds is 2. The monoisotopic (exact) mass is 367 g/mol. The zero-order chi connectivity index (χ0) is 17.7. The number of fused-ring (bicyclic) bond motifs is 2. The maximum absolute atomic E-state index is 12.6. The molecule has 0 atom stereocenters. The maximum Gasteiger partial charge on any atom is 0.263 e. The van der Waals surface area contributed by atoms with Crippen molar-refractivity contribution < 1.29 is 4.79 Å². The van der Waals surface area contributed by atoms with Gasteiger partial charge in [-0.15, -0.1) is 21.5 Å². The fourth-order valence-corrected chi connectivity index (χ4v) is 4.93. The number of thiophene rings is 1. The Hall–Kier alpha value is -2.28. The molecule has 0 N–H and O–H groups in total. The largest absolute Gasteiger partial charge is 0.338 e. The van der Waals surface area contributed by atoms with E-state index in [-0.39, 0.29) is 5.91 Å². The summed E-state index contributed by atoms with van der Waals surface area (Å²) >= 11 is 1.57. The zero-order valence-corrected chi connectivity index (χ0v) is 15.6. The molecule has 0 unspecified atom stereocenters. The van der Waals surface area contributed by atoms with Gasteiger partial charge in [0.2, 0.25) is 0 Å². The number of hydrogen-bond donors (Lipinski definition) is 0. The van der Waals surface area contributed by atoms with E-state index in [4.69, 9.17) is 5.10 Å². The fourth-order valence-electron chi connectivity index (χ4n) is 4.10. The van der Waals surface area contributed by atoms with Crippen molar-refractivity contribution in [1.29, 1.82) is 0 Å². The number of likely N-dealkylation sites (tertiary alicyclic amines) is 1. The molecule has 4 heterocycles. The van der Waals surface area contributed by atoms with Crippen molar-refractivity contribution in [2.75, 3.05) is 13.1 Å². The normalized spacial score (nSPS) is 17.8. The van der Waals surface area contributed by atoms with Gasteiger partial charge < -0.3 is 4.90 Å². The number of hydrogen-bond acceptors (Lipinski definition) is 5. The number of carbonyl (C=O) groups is 1. The minimum Gasteiger partial charge on any atom is -0.338 e. The SMILES string of the molecule is Cc1ccc(C(=O)N2CCC(c3nnc4cc5c(nn34)CCC5)CC2)s1. The first-order valence-electron chi connectivity index (χ1n) is 9.29. The van der Waals surface area contributed by atoms with Crippen molar-refractivity contribution in [3.63, 3.8) is 0 Å². The van der Waals surface area contributed by atoms with Crippen LogP contribution in [0.4, 0.5) is 0 Å². The molecule has 1 fully saturated rings. The van der Waals surface area contributed by atoms with Crippen LogP contribution in [0.15, 0.2) is 18.2 Å². The van der Waals surface area contributed by atoms with Gasteiger partial charge in [-0.1, -0.05) is 0 Å². The van der Waals surface area contributed by atoms with Gasteiger partial charge in [0.1, 0.15) is 0 Å². The Labute approximate surface area is 155 Å². The predicted molar refractivity (Wildman–Crippen MR) is 99.7 cm³/mol. The first kappa shape index (κ1) is 15.9. The van der Waals surface area contributed by atoms with Crippen molar-refractivity contribution in [2.45, 2.75) is 44.9 Å². The third kappa shape index (κ3) is 2.61. The van der Waals surface area contributed by atoms with E-state index in [9.17, 15) is 4.79 Å². The smallest absolute Gasteiger partial charge is 0.263 e. The van der Waals surface area contributed by atoms with Gasteiger partial charge in [0, 0.05) is 23.9 Å². The summed E-state index contributed by atoms with van der Waals surface area (Å²) in [6, 6.07) is 6.09. The number of aryl methyl sites for hydroxylation is 3. The second-order valence-electron chi connectivity index (χ2n) is 7.27. The molecule has 6 nitrogen and oxygen atoms in total. The summed E-state index contributed by atoms with van der Waals surface area (Å²) in [5.74, 6) is 1.42. The van der Waals surface area contributed by atoms with E-state index in [1.54, 1.807) is 11.3 Å². The number of aromatic nitrogens is 4. The second kappa shape index (κ2) is 6.16. The van der Waals surface area contributed by atoms with Crippen LogP contribution in [-0.4, -0.2) is 43.7 Å². The molecular formula is C19H21N5OS. The molecule has 5 rings (SSSR count). The lowest BCUT2D eigenvalue weighted by molar-refractivity contribution is 0.0715. The summed E-state index contributed by atoms with van der Waals surface area (Å²) in [7, 11) is 0. The third-order valence-corrected chi connectivity index (χ3v) is 6.53. The van der Waals surface area contributed by atoms with Gasteiger partial charge in [-0.25, -0.2) is 0 Å². The Morgan fingerprint density at radius 1 is 1.19 bits per heavy atom. The first-order chi connectivity index (χ1) is 12.7. The molecule has 0 bridgehead atoms. The van der Waals surface area contributed by atoms with E-state index in [2.05, 4.69) is 16.3 Å². The quantitative estimate of drug-likeness (QED) is 0.698. The first-order valence-corrected chi connectivity index (χ1v) is 10.1. The van der Waals surface area contributed by atoms with Crippen LogP contribution in [0.1, 0.15) is 56.8 Å². The lowest BCUT2D eigenvalue weighted by atomic mass is 9.96. The van der Waals surface area contributed by atoms with E-state index < -0.39 is 0 Å². The predicted octanol–water partition coefficient (Wildman–Crippen LogP) is 3.00. The highest BCUT2D eigenvalue weighted by atomic mass is 32.1. The average Bonchev–Trinajstić information content (AvgIpc) is 3.38. The molecule has 0 saturated carbocycles. The Balaban J connectivity index is 1.34. The molecule has 7 heteroatoms. The molecule has 0 spiro atoms. The molecule has 134 valence electrons. The van der Waals surface area contributed by atoms with Crippen LogP contribution < -0.4 is 0 Å². The van der Waals surface area contributed by atoms with Crippen molar-refractivity contribution in [3.8, 4) is 0 Å². The molecule has 1 amide bonds. The summed E-state index contributed by atoms with van der Waals surface area (Å²) in [5, 5.41) is 13.6. The minimum absolute atomic E-state index is 0.156. The summed E-state index contributed by atoms with van der Waals surface area (Å²) in [6.45, 7) is 3.56. The van der Waals surface area contributed by atoms with E-state index in [1.807, 2.05) is 28.5 Å². The molecule has 2 aliphatic rings. The molecule has 26 heavy (non-hydrogen) atoms. The minimum atomic E-state index is 0.156. The lowest BCUT2D eigenvalue weighted by Gasteiger charge is -2.30. The molecular weight excluding hydrogens is 346 g/mol. The third-order valence-electron chi connectivity index (χ3n) is 5.54. The van der Waals surface area contributed by atoms with Gasteiger partial charge in [-0.3, -0.25) is 4.79 Å². The van der Waals surface area contributed by atoms with E-state index in [0.717, 1.165) is 55.1 Å². The van der Waals surface area contributed by atoms with Gasteiger partial charge in [0.05, 0.1) is 10.6 Å². The second-order valence-corrected chi connectivity index (χ2v) is 8.56. The molecule has 0 radical (unpaired) electrons. The Kier molecular flexibility index (Phi) is 3.77. The molecule has 3 aromatic rings. The van der Waals surface area contributed by atoms with Crippen LogP contribution in [0.3, 0.4) is 0 Å². The molecule has 3 aromatic heterocycles. The molecule has 1 aliphatic carbocycles. The average molecular weight is 367 g/mol. The Morgan fingerprint density at radius 2 is 2.04 bits per heavy atom. The van der Waals surface area contributed by atoms with Gasteiger partial charge in [0.15, 0.2) is 11.5 Å². The van der Waals surface area contributed by atoms with Crippen molar-refractivity contribution in [1.82, 2.24) is 24.7 Å². The number of amides is 1. The van der Waals surface area contributed by atoms with Crippen molar-refractivity contribution in [2.24, 2.45) is 0 Å². The Morgan fingerprint density at radius 3 is 2.81 bits per heavy atom. The Bertz CT molecular complexity index is 983. The van der Waals surface area contributed by atoms with Crippen molar-refractivity contribution >= 4 is 22.9 Å². The van der Waals surface area contributed by atoms with Gasteiger partial charge in [-0.2, -0.15) is 9.61 Å². The number of carbonyl (C=O) groups excluding carboxylic acids is 1.